The summed E-state index contributed by atoms with van der Waals surface area (Å²) in [6.45, 7) is 3.83. The average Bonchev–Trinajstić information content (AvgIpc) is 2.10. The minimum Gasteiger partial charge on any atom is -0.480 e. The second-order valence-corrected chi connectivity index (χ2v) is 3.63. The number of carbonyl (C=O) groups excluding carboxylic acids is 1. The number of carbonyl (C=O) groups is 2. The van der Waals surface area contributed by atoms with Crippen LogP contribution in [0.4, 0.5) is 0 Å². The van der Waals surface area contributed by atoms with Crippen molar-refractivity contribution in [1.29, 1.82) is 0 Å². The highest BCUT2D eigenvalue weighted by Crippen LogP contribution is 2.06. The molecule has 0 aliphatic rings. The molecular formula is C9H18N2O3. The molecule has 0 unspecified atom stereocenters. The fourth-order valence-electron chi connectivity index (χ4n) is 1.01. The third-order valence-corrected chi connectivity index (χ3v) is 1.85. The summed E-state index contributed by atoms with van der Waals surface area (Å²) in [4.78, 5) is 21.6. The fourth-order valence-corrected chi connectivity index (χ4v) is 1.01. The molecule has 0 bridgehead atoms. The Bertz CT molecular complexity index is 204. The van der Waals surface area contributed by atoms with Crippen molar-refractivity contribution < 1.29 is 14.7 Å². The first-order chi connectivity index (χ1) is 6.47. The molecule has 0 spiro atoms. The molecule has 0 aliphatic carbocycles. The van der Waals surface area contributed by atoms with Crippen molar-refractivity contribution in [2.75, 3.05) is 6.54 Å². The summed E-state index contributed by atoms with van der Waals surface area (Å²) in [5.41, 5.74) is 5.07. The van der Waals surface area contributed by atoms with Gasteiger partial charge >= 0.3 is 5.97 Å². The van der Waals surface area contributed by atoms with Crippen molar-refractivity contribution >= 4 is 11.9 Å². The number of nitrogens with one attached hydrogen (secondary N) is 1. The molecule has 82 valence electrons. The lowest BCUT2D eigenvalue weighted by atomic mass is 10.0. The van der Waals surface area contributed by atoms with Crippen molar-refractivity contribution in [2.45, 2.75) is 32.7 Å². The van der Waals surface area contributed by atoms with E-state index in [1.807, 2.05) is 13.8 Å². The van der Waals surface area contributed by atoms with Gasteiger partial charge in [0.05, 0.1) is 6.54 Å². The van der Waals surface area contributed by atoms with Crippen LogP contribution in [0.5, 0.6) is 0 Å². The van der Waals surface area contributed by atoms with Crippen LogP contribution in [0.15, 0.2) is 0 Å². The van der Waals surface area contributed by atoms with Crippen molar-refractivity contribution in [2.24, 2.45) is 11.7 Å². The van der Waals surface area contributed by atoms with Crippen molar-refractivity contribution in [3.05, 3.63) is 0 Å². The number of hydrogen-bond acceptors (Lipinski definition) is 3. The van der Waals surface area contributed by atoms with Gasteiger partial charge in [-0.25, -0.2) is 4.79 Å². The van der Waals surface area contributed by atoms with Gasteiger partial charge in [-0.3, -0.25) is 4.79 Å². The van der Waals surface area contributed by atoms with Crippen LogP contribution < -0.4 is 11.1 Å². The molecule has 0 aliphatic heterocycles. The van der Waals surface area contributed by atoms with Gasteiger partial charge in [0.15, 0.2) is 0 Å². The smallest absolute Gasteiger partial charge is 0.326 e. The van der Waals surface area contributed by atoms with Crippen LogP contribution in [0.1, 0.15) is 26.7 Å². The van der Waals surface area contributed by atoms with E-state index >= 15 is 0 Å². The zero-order valence-electron chi connectivity index (χ0n) is 8.62. The van der Waals surface area contributed by atoms with Crippen LogP contribution >= 0.6 is 0 Å². The maximum absolute atomic E-state index is 10.9. The summed E-state index contributed by atoms with van der Waals surface area (Å²) in [5, 5.41) is 11.1. The van der Waals surface area contributed by atoms with E-state index in [2.05, 4.69) is 5.32 Å². The van der Waals surface area contributed by atoms with E-state index in [0.29, 0.717) is 12.3 Å². The van der Waals surface area contributed by atoms with Gasteiger partial charge in [0.1, 0.15) is 6.04 Å². The molecule has 0 heterocycles. The van der Waals surface area contributed by atoms with Gasteiger partial charge in [-0.1, -0.05) is 13.8 Å². The molecule has 0 radical (unpaired) electrons. The largest absolute Gasteiger partial charge is 0.480 e. The molecule has 0 fully saturated rings. The minimum absolute atomic E-state index is 0.175. The predicted octanol–water partition coefficient (Wildman–Crippen LogP) is -0.0493. The zero-order chi connectivity index (χ0) is 11.1. The monoisotopic (exact) mass is 202 g/mol. The molecule has 0 saturated heterocycles. The highest BCUT2D eigenvalue weighted by Gasteiger charge is 2.18. The topological polar surface area (TPSA) is 92.4 Å². The Morgan fingerprint density at radius 1 is 1.36 bits per heavy atom. The van der Waals surface area contributed by atoms with Crippen molar-refractivity contribution in [3.63, 3.8) is 0 Å². The van der Waals surface area contributed by atoms with Crippen LogP contribution in [0.3, 0.4) is 0 Å². The number of carboxylic acid groups (broad SMARTS) is 1. The molecule has 1 amide bonds. The zero-order valence-corrected chi connectivity index (χ0v) is 8.62. The summed E-state index contributed by atoms with van der Waals surface area (Å²) in [5.74, 6) is -1.01. The molecule has 0 rings (SSSR count). The molecule has 0 saturated carbocycles. The Kier molecular flexibility index (Phi) is 5.87. The Labute approximate surface area is 83.7 Å². The first-order valence-corrected chi connectivity index (χ1v) is 4.69. The van der Waals surface area contributed by atoms with Crippen molar-refractivity contribution in [3.8, 4) is 0 Å². The van der Waals surface area contributed by atoms with Crippen molar-refractivity contribution in [1.82, 2.24) is 5.32 Å². The SMILES string of the molecule is CC(C)CC[C@H](NC(=O)CN)C(=O)O. The van der Waals surface area contributed by atoms with E-state index in [0.717, 1.165) is 6.42 Å². The molecule has 1 atom stereocenters. The molecular weight excluding hydrogens is 184 g/mol. The molecule has 0 aromatic carbocycles. The van der Waals surface area contributed by atoms with Gasteiger partial charge in [0.25, 0.3) is 0 Å². The first kappa shape index (κ1) is 12.9. The normalized spacial score (nSPS) is 12.6. The highest BCUT2D eigenvalue weighted by atomic mass is 16.4. The lowest BCUT2D eigenvalue weighted by Crippen LogP contribution is -2.43. The first-order valence-electron chi connectivity index (χ1n) is 4.69. The van der Waals surface area contributed by atoms with Gasteiger partial charge < -0.3 is 16.2 Å². The molecule has 5 nitrogen and oxygen atoms in total. The lowest BCUT2D eigenvalue weighted by Gasteiger charge is -2.14. The van der Waals surface area contributed by atoms with E-state index in [9.17, 15) is 9.59 Å². The molecule has 14 heavy (non-hydrogen) atoms. The van der Waals surface area contributed by atoms with E-state index in [1.54, 1.807) is 0 Å². The number of carboxylic acids is 1. The maximum Gasteiger partial charge on any atom is 0.326 e. The third-order valence-electron chi connectivity index (χ3n) is 1.85. The van der Waals surface area contributed by atoms with Gasteiger partial charge in [-0.15, -0.1) is 0 Å². The Balaban J connectivity index is 4.03. The standard InChI is InChI=1S/C9H18N2O3/c1-6(2)3-4-7(9(13)14)11-8(12)5-10/h6-7H,3-5,10H2,1-2H3,(H,11,12)(H,13,14)/t7-/m0/s1. The molecule has 4 N–H and O–H groups in total. The third kappa shape index (κ3) is 5.53. The second-order valence-electron chi connectivity index (χ2n) is 3.63. The van der Waals surface area contributed by atoms with Crippen LogP contribution in [0.25, 0.3) is 0 Å². The average molecular weight is 202 g/mol. The number of amides is 1. The Morgan fingerprint density at radius 3 is 2.29 bits per heavy atom. The van der Waals surface area contributed by atoms with E-state index in [1.165, 1.54) is 0 Å². The fraction of sp³-hybridized carbons (Fsp3) is 0.778. The van der Waals surface area contributed by atoms with Crippen LogP contribution in [-0.2, 0) is 9.59 Å². The summed E-state index contributed by atoms with van der Waals surface area (Å²) >= 11 is 0. The minimum atomic E-state index is -1.01. The molecule has 0 aromatic heterocycles. The summed E-state index contributed by atoms with van der Waals surface area (Å²) in [6.07, 6.45) is 1.21. The summed E-state index contributed by atoms with van der Waals surface area (Å²) < 4.78 is 0. The maximum atomic E-state index is 10.9. The predicted molar refractivity (Wildman–Crippen MR) is 52.7 cm³/mol. The Morgan fingerprint density at radius 2 is 1.93 bits per heavy atom. The number of rotatable bonds is 6. The summed E-state index contributed by atoms with van der Waals surface area (Å²) in [6, 6.07) is -0.812. The quantitative estimate of drug-likeness (QED) is 0.563. The van der Waals surface area contributed by atoms with Crippen LogP contribution in [0.2, 0.25) is 0 Å². The van der Waals surface area contributed by atoms with E-state index < -0.39 is 17.9 Å². The van der Waals surface area contributed by atoms with Gasteiger partial charge in [0.2, 0.25) is 5.91 Å². The van der Waals surface area contributed by atoms with Crippen LogP contribution in [0, 0.1) is 5.92 Å². The highest BCUT2D eigenvalue weighted by molar-refractivity contribution is 5.84. The van der Waals surface area contributed by atoms with Crippen LogP contribution in [-0.4, -0.2) is 29.6 Å². The molecule has 5 heteroatoms. The second kappa shape index (κ2) is 6.37. The van der Waals surface area contributed by atoms with Gasteiger partial charge in [-0.2, -0.15) is 0 Å². The van der Waals surface area contributed by atoms with Gasteiger partial charge in [0, 0.05) is 0 Å². The summed E-state index contributed by atoms with van der Waals surface area (Å²) in [7, 11) is 0. The van der Waals surface area contributed by atoms with E-state index in [-0.39, 0.29) is 6.54 Å². The van der Waals surface area contributed by atoms with Gasteiger partial charge in [-0.05, 0) is 18.8 Å². The lowest BCUT2D eigenvalue weighted by molar-refractivity contribution is -0.141. The number of hydrogen-bond donors (Lipinski definition) is 3. The number of aliphatic carboxylic acids is 1. The van der Waals surface area contributed by atoms with E-state index in [4.69, 9.17) is 10.8 Å². The molecule has 0 aromatic rings. The Hall–Kier alpha value is -1.10. The number of nitrogens with two attached hydrogens (primary N) is 1.